The number of hydrogen-bond acceptors (Lipinski definition) is 3. The maximum atomic E-state index is 11.6. The number of carbonyl (C=O) groups excluding carboxylic acids is 1. The number of carbonyl (C=O) groups is 1. The first-order chi connectivity index (χ1) is 8.34. The Morgan fingerprint density at radius 3 is 2.59 bits per heavy atom. The summed E-state index contributed by atoms with van der Waals surface area (Å²) in [4.78, 5) is 12.8. The van der Waals surface area contributed by atoms with Gasteiger partial charge in [0.05, 0.1) is 5.75 Å². The monoisotopic (exact) mass is 250 g/mol. The van der Waals surface area contributed by atoms with E-state index in [1.54, 1.807) is 11.8 Å². The van der Waals surface area contributed by atoms with Crippen LogP contribution in [-0.4, -0.2) is 17.8 Å². The summed E-state index contributed by atoms with van der Waals surface area (Å²) < 4.78 is 5.45. The largest absolute Gasteiger partial charge is 0.462 e. The van der Waals surface area contributed by atoms with Crippen LogP contribution in [0.2, 0.25) is 0 Å². The van der Waals surface area contributed by atoms with Gasteiger partial charge in [-0.1, -0.05) is 24.6 Å². The molecular formula is C14H18O2S. The average Bonchev–Trinajstić information content (AvgIpc) is 2.39. The third kappa shape index (κ3) is 4.43. The summed E-state index contributed by atoms with van der Waals surface area (Å²) in [6.07, 6.45) is 5.94. The van der Waals surface area contributed by atoms with Crippen molar-refractivity contribution in [2.24, 2.45) is 0 Å². The molecule has 92 valence electrons. The summed E-state index contributed by atoms with van der Waals surface area (Å²) in [5.41, 5.74) is 0. The highest BCUT2D eigenvalue weighted by atomic mass is 32.2. The molecule has 2 nitrogen and oxygen atoms in total. The minimum absolute atomic E-state index is 0.0780. The molecule has 17 heavy (non-hydrogen) atoms. The molecule has 0 amide bonds. The molecule has 0 aromatic heterocycles. The zero-order valence-electron chi connectivity index (χ0n) is 9.93. The molecule has 1 aliphatic carbocycles. The van der Waals surface area contributed by atoms with Crippen LogP contribution in [-0.2, 0) is 9.53 Å². The third-order valence-corrected chi connectivity index (χ3v) is 3.94. The van der Waals surface area contributed by atoms with Crippen molar-refractivity contribution in [2.45, 2.75) is 43.1 Å². The van der Waals surface area contributed by atoms with E-state index in [4.69, 9.17) is 4.74 Å². The number of hydrogen-bond donors (Lipinski definition) is 0. The van der Waals surface area contributed by atoms with Gasteiger partial charge in [-0.3, -0.25) is 4.79 Å². The fraction of sp³-hybridized carbons (Fsp3) is 0.500. The molecule has 3 heteroatoms. The zero-order valence-corrected chi connectivity index (χ0v) is 10.7. The first kappa shape index (κ1) is 12.5. The standard InChI is InChI=1S/C14H18O2S/c15-14(16-12-7-3-1-4-8-12)11-17-13-9-5-2-6-10-13/h2,5-6,9-10,12H,1,3-4,7-8,11H2. The van der Waals surface area contributed by atoms with E-state index in [9.17, 15) is 4.79 Å². The summed E-state index contributed by atoms with van der Waals surface area (Å²) in [5.74, 6) is 0.339. The second-order valence-corrected chi connectivity index (χ2v) is 5.40. The molecule has 2 rings (SSSR count). The predicted octanol–water partition coefficient (Wildman–Crippen LogP) is 3.65. The van der Waals surface area contributed by atoms with Crippen LogP contribution >= 0.6 is 11.8 Å². The molecule has 1 saturated carbocycles. The Morgan fingerprint density at radius 2 is 1.88 bits per heavy atom. The van der Waals surface area contributed by atoms with Gasteiger partial charge in [-0.05, 0) is 37.8 Å². The van der Waals surface area contributed by atoms with Crippen LogP contribution in [0, 0.1) is 0 Å². The van der Waals surface area contributed by atoms with Crippen molar-refractivity contribution in [3.8, 4) is 0 Å². The van der Waals surface area contributed by atoms with Crippen molar-refractivity contribution >= 4 is 17.7 Å². The number of rotatable bonds is 4. The lowest BCUT2D eigenvalue weighted by molar-refractivity contribution is -0.147. The van der Waals surface area contributed by atoms with Gasteiger partial charge in [-0.25, -0.2) is 0 Å². The molecule has 0 spiro atoms. The fourth-order valence-electron chi connectivity index (χ4n) is 2.06. The molecule has 0 radical (unpaired) electrons. The van der Waals surface area contributed by atoms with E-state index in [1.807, 2.05) is 30.3 Å². The highest BCUT2D eigenvalue weighted by molar-refractivity contribution is 8.00. The van der Waals surface area contributed by atoms with E-state index < -0.39 is 0 Å². The van der Waals surface area contributed by atoms with Gasteiger partial charge in [0.25, 0.3) is 0 Å². The van der Waals surface area contributed by atoms with Crippen molar-refractivity contribution in [3.63, 3.8) is 0 Å². The number of thioether (sulfide) groups is 1. The number of ether oxygens (including phenoxy) is 1. The normalized spacial score (nSPS) is 16.7. The van der Waals surface area contributed by atoms with Gasteiger partial charge in [0, 0.05) is 4.90 Å². The highest BCUT2D eigenvalue weighted by Crippen LogP contribution is 2.22. The maximum absolute atomic E-state index is 11.6. The van der Waals surface area contributed by atoms with Crippen LogP contribution in [0.15, 0.2) is 35.2 Å². The van der Waals surface area contributed by atoms with E-state index >= 15 is 0 Å². The van der Waals surface area contributed by atoms with Crippen LogP contribution in [0.4, 0.5) is 0 Å². The molecule has 0 unspecified atom stereocenters. The summed E-state index contributed by atoms with van der Waals surface area (Å²) in [6, 6.07) is 9.96. The molecule has 0 heterocycles. The third-order valence-electron chi connectivity index (χ3n) is 2.95. The molecular weight excluding hydrogens is 232 g/mol. The predicted molar refractivity (Wildman–Crippen MR) is 70.1 cm³/mol. The molecule has 0 bridgehead atoms. The lowest BCUT2D eigenvalue weighted by Crippen LogP contribution is -2.21. The number of esters is 1. The second kappa shape index (κ2) is 6.70. The summed E-state index contributed by atoms with van der Waals surface area (Å²) in [5, 5.41) is 0. The molecule has 1 aliphatic rings. The Kier molecular flexibility index (Phi) is 4.92. The van der Waals surface area contributed by atoms with Crippen molar-refractivity contribution in [1.82, 2.24) is 0 Å². The van der Waals surface area contributed by atoms with Crippen LogP contribution < -0.4 is 0 Å². The topological polar surface area (TPSA) is 26.3 Å². The molecule has 1 aromatic carbocycles. The van der Waals surface area contributed by atoms with Gasteiger partial charge >= 0.3 is 5.97 Å². The molecule has 0 atom stereocenters. The van der Waals surface area contributed by atoms with E-state index in [1.165, 1.54) is 19.3 Å². The molecule has 0 aliphatic heterocycles. The Labute approximate surface area is 107 Å². The second-order valence-electron chi connectivity index (χ2n) is 4.35. The van der Waals surface area contributed by atoms with Crippen LogP contribution in [0.1, 0.15) is 32.1 Å². The quantitative estimate of drug-likeness (QED) is 0.602. The van der Waals surface area contributed by atoms with Crippen molar-refractivity contribution in [3.05, 3.63) is 30.3 Å². The first-order valence-electron chi connectivity index (χ1n) is 6.22. The molecule has 1 fully saturated rings. The minimum Gasteiger partial charge on any atom is -0.462 e. The van der Waals surface area contributed by atoms with E-state index in [-0.39, 0.29) is 12.1 Å². The molecule has 1 aromatic rings. The summed E-state index contributed by atoms with van der Waals surface area (Å²) >= 11 is 1.54. The SMILES string of the molecule is O=C(CSc1ccccc1)OC1CCCCC1. The minimum atomic E-state index is -0.0780. The molecule has 0 saturated heterocycles. The van der Waals surface area contributed by atoms with Gasteiger partial charge in [0.1, 0.15) is 6.10 Å². The smallest absolute Gasteiger partial charge is 0.316 e. The van der Waals surface area contributed by atoms with Crippen molar-refractivity contribution in [1.29, 1.82) is 0 Å². The van der Waals surface area contributed by atoms with Crippen LogP contribution in [0.25, 0.3) is 0 Å². The van der Waals surface area contributed by atoms with Crippen molar-refractivity contribution in [2.75, 3.05) is 5.75 Å². The Morgan fingerprint density at radius 1 is 1.18 bits per heavy atom. The van der Waals surface area contributed by atoms with Gasteiger partial charge in [0.2, 0.25) is 0 Å². The highest BCUT2D eigenvalue weighted by Gasteiger charge is 2.17. The zero-order chi connectivity index (χ0) is 11.9. The first-order valence-corrected chi connectivity index (χ1v) is 7.20. The Balaban J connectivity index is 1.70. The van der Waals surface area contributed by atoms with Gasteiger partial charge < -0.3 is 4.74 Å². The van der Waals surface area contributed by atoms with Crippen LogP contribution in [0.3, 0.4) is 0 Å². The van der Waals surface area contributed by atoms with Gasteiger partial charge in [-0.15, -0.1) is 11.8 Å². The Hall–Kier alpha value is -0.960. The lowest BCUT2D eigenvalue weighted by Gasteiger charge is -2.21. The van der Waals surface area contributed by atoms with Gasteiger partial charge in [-0.2, -0.15) is 0 Å². The van der Waals surface area contributed by atoms with E-state index in [0.717, 1.165) is 17.7 Å². The average molecular weight is 250 g/mol. The Bertz CT molecular complexity index is 344. The lowest BCUT2D eigenvalue weighted by atomic mass is 9.98. The maximum Gasteiger partial charge on any atom is 0.316 e. The molecule has 0 N–H and O–H groups in total. The van der Waals surface area contributed by atoms with E-state index in [2.05, 4.69) is 0 Å². The summed E-state index contributed by atoms with van der Waals surface area (Å²) in [6.45, 7) is 0. The number of benzene rings is 1. The van der Waals surface area contributed by atoms with Crippen molar-refractivity contribution < 1.29 is 9.53 Å². The van der Waals surface area contributed by atoms with E-state index in [0.29, 0.717) is 5.75 Å². The van der Waals surface area contributed by atoms with Crippen LogP contribution in [0.5, 0.6) is 0 Å². The van der Waals surface area contributed by atoms with Gasteiger partial charge in [0.15, 0.2) is 0 Å². The summed E-state index contributed by atoms with van der Waals surface area (Å²) in [7, 11) is 0. The fourth-order valence-corrected chi connectivity index (χ4v) is 2.76.